The van der Waals surface area contributed by atoms with Gasteiger partial charge in [-0.15, -0.1) is 0 Å². The van der Waals surface area contributed by atoms with Crippen molar-refractivity contribution in [1.29, 1.82) is 0 Å². The van der Waals surface area contributed by atoms with Gasteiger partial charge < -0.3 is 4.42 Å². The second-order valence-electron chi connectivity index (χ2n) is 3.95. The van der Waals surface area contributed by atoms with Gasteiger partial charge in [0.15, 0.2) is 5.76 Å². The van der Waals surface area contributed by atoms with Crippen LogP contribution in [0.15, 0.2) is 46.1 Å². The van der Waals surface area contributed by atoms with E-state index in [1.165, 1.54) is 6.26 Å². The standard InChI is InChI=1S/C14H12Cl2N2O2/c1-2-12(10-6-5-9(15)8-11(10)16)17-18-14(19)13-4-3-7-20-13/h3-8H,2H2,1H3,(H,18,19)/b17-12+. The molecule has 2 aromatic rings. The molecule has 1 heterocycles. The van der Waals surface area contributed by atoms with E-state index in [1.54, 1.807) is 30.3 Å². The predicted molar refractivity (Wildman–Crippen MR) is 79.5 cm³/mol. The number of furan rings is 1. The number of hydrogen-bond donors (Lipinski definition) is 1. The lowest BCUT2D eigenvalue weighted by Crippen LogP contribution is -2.19. The van der Waals surface area contributed by atoms with Gasteiger partial charge in [0, 0.05) is 10.6 Å². The van der Waals surface area contributed by atoms with E-state index in [9.17, 15) is 4.79 Å². The van der Waals surface area contributed by atoms with Crippen LogP contribution in [0.3, 0.4) is 0 Å². The number of carbonyl (C=O) groups is 1. The van der Waals surface area contributed by atoms with Crippen molar-refractivity contribution in [3.05, 3.63) is 58.0 Å². The van der Waals surface area contributed by atoms with Crippen LogP contribution in [0, 0.1) is 0 Å². The second kappa shape index (κ2) is 6.59. The Morgan fingerprint density at radius 3 is 2.75 bits per heavy atom. The third-order valence-corrected chi connectivity index (χ3v) is 3.16. The van der Waals surface area contributed by atoms with Gasteiger partial charge in [0.2, 0.25) is 0 Å². The first-order chi connectivity index (χ1) is 9.61. The van der Waals surface area contributed by atoms with Crippen molar-refractivity contribution >= 4 is 34.8 Å². The van der Waals surface area contributed by atoms with Crippen molar-refractivity contribution < 1.29 is 9.21 Å². The molecule has 104 valence electrons. The number of amides is 1. The molecule has 4 nitrogen and oxygen atoms in total. The van der Waals surface area contributed by atoms with Crippen LogP contribution in [0.25, 0.3) is 0 Å². The molecule has 1 aromatic heterocycles. The van der Waals surface area contributed by atoms with Crippen molar-refractivity contribution in [3.8, 4) is 0 Å². The molecule has 0 fully saturated rings. The molecule has 0 radical (unpaired) electrons. The SMILES string of the molecule is CC/C(=N\NC(=O)c1ccco1)c1ccc(Cl)cc1Cl. The van der Waals surface area contributed by atoms with Gasteiger partial charge in [0.05, 0.1) is 17.0 Å². The van der Waals surface area contributed by atoms with Crippen LogP contribution in [0.1, 0.15) is 29.5 Å². The van der Waals surface area contributed by atoms with Gasteiger partial charge in [-0.1, -0.05) is 36.2 Å². The van der Waals surface area contributed by atoms with Crippen LogP contribution in [-0.4, -0.2) is 11.6 Å². The smallest absolute Gasteiger partial charge is 0.307 e. The summed E-state index contributed by atoms with van der Waals surface area (Å²) in [5, 5.41) is 5.13. The molecule has 0 bridgehead atoms. The minimum atomic E-state index is -0.411. The van der Waals surface area contributed by atoms with Crippen molar-refractivity contribution in [3.63, 3.8) is 0 Å². The molecule has 0 spiro atoms. The zero-order chi connectivity index (χ0) is 14.5. The number of hydrazone groups is 1. The van der Waals surface area contributed by atoms with Gasteiger partial charge in [0.25, 0.3) is 0 Å². The number of benzene rings is 1. The predicted octanol–water partition coefficient (Wildman–Crippen LogP) is 4.13. The molecular weight excluding hydrogens is 299 g/mol. The zero-order valence-electron chi connectivity index (χ0n) is 10.7. The Morgan fingerprint density at radius 2 is 2.15 bits per heavy atom. The molecule has 2 rings (SSSR count). The number of hydrogen-bond acceptors (Lipinski definition) is 3. The summed E-state index contributed by atoms with van der Waals surface area (Å²) >= 11 is 12.0. The Hall–Kier alpha value is -1.78. The summed E-state index contributed by atoms with van der Waals surface area (Å²) < 4.78 is 4.98. The lowest BCUT2D eigenvalue weighted by molar-refractivity contribution is 0.0927. The Labute approximate surface area is 126 Å². The number of nitrogens with one attached hydrogen (secondary N) is 1. The number of halogens is 2. The monoisotopic (exact) mass is 310 g/mol. The fraction of sp³-hybridized carbons (Fsp3) is 0.143. The van der Waals surface area contributed by atoms with Crippen molar-refractivity contribution in [2.75, 3.05) is 0 Å². The molecule has 1 N–H and O–H groups in total. The molecule has 0 aliphatic heterocycles. The Bertz CT molecular complexity index is 637. The highest BCUT2D eigenvalue weighted by atomic mass is 35.5. The van der Waals surface area contributed by atoms with Gasteiger partial charge in [-0.2, -0.15) is 5.10 Å². The Balaban J connectivity index is 2.19. The van der Waals surface area contributed by atoms with Gasteiger partial charge in [-0.25, -0.2) is 5.43 Å². The van der Waals surface area contributed by atoms with Crippen LogP contribution < -0.4 is 5.43 Å². The average molecular weight is 311 g/mol. The van der Waals surface area contributed by atoms with E-state index in [-0.39, 0.29) is 5.76 Å². The molecule has 6 heteroatoms. The Morgan fingerprint density at radius 1 is 1.35 bits per heavy atom. The first-order valence-electron chi connectivity index (χ1n) is 5.97. The maximum atomic E-state index is 11.7. The molecule has 0 unspecified atom stereocenters. The fourth-order valence-corrected chi connectivity index (χ4v) is 2.15. The zero-order valence-corrected chi connectivity index (χ0v) is 12.2. The number of carbonyl (C=O) groups excluding carboxylic acids is 1. The molecule has 1 aromatic carbocycles. The van der Waals surface area contributed by atoms with Crippen LogP contribution in [0.2, 0.25) is 10.0 Å². The van der Waals surface area contributed by atoms with Crippen molar-refractivity contribution in [2.45, 2.75) is 13.3 Å². The Kier molecular flexibility index (Phi) is 4.82. The summed E-state index contributed by atoms with van der Waals surface area (Å²) in [5.41, 5.74) is 3.83. The van der Waals surface area contributed by atoms with Gasteiger partial charge >= 0.3 is 5.91 Å². The van der Waals surface area contributed by atoms with Crippen LogP contribution >= 0.6 is 23.2 Å². The summed E-state index contributed by atoms with van der Waals surface area (Å²) in [6, 6.07) is 8.33. The molecule has 0 saturated carbocycles. The summed E-state index contributed by atoms with van der Waals surface area (Å²) in [5.74, 6) is -0.211. The summed E-state index contributed by atoms with van der Waals surface area (Å²) in [6.07, 6.45) is 2.04. The average Bonchev–Trinajstić information content (AvgIpc) is 2.95. The van der Waals surface area contributed by atoms with E-state index in [2.05, 4.69) is 10.5 Å². The second-order valence-corrected chi connectivity index (χ2v) is 4.80. The fourth-order valence-electron chi connectivity index (χ4n) is 1.63. The highest BCUT2D eigenvalue weighted by Crippen LogP contribution is 2.22. The molecular formula is C14H12Cl2N2O2. The normalized spacial score (nSPS) is 11.4. The topological polar surface area (TPSA) is 54.6 Å². The van der Waals surface area contributed by atoms with Crippen molar-refractivity contribution in [1.82, 2.24) is 5.43 Å². The lowest BCUT2D eigenvalue weighted by atomic mass is 10.1. The van der Waals surface area contributed by atoms with E-state index in [4.69, 9.17) is 27.6 Å². The van der Waals surface area contributed by atoms with E-state index >= 15 is 0 Å². The quantitative estimate of drug-likeness (QED) is 0.682. The number of nitrogens with zero attached hydrogens (tertiary/aromatic N) is 1. The first kappa shape index (κ1) is 14.6. The van der Waals surface area contributed by atoms with Crippen LogP contribution in [0.4, 0.5) is 0 Å². The molecule has 0 atom stereocenters. The number of rotatable bonds is 4. The summed E-state index contributed by atoms with van der Waals surface area (Å²) in [6.45, 7) is 1.92. The van der Waals surface area contributed by atoms with E-state index in [0.29, 0.717) is 22.2 Å². The summed E-state index contributed by atoms with van der Waals surface area (Å²) in [4.78, 5) is 11.7. The van der Waals surface area contributed by atoms with Crippen molar-refractivity contribution in [2.24, 2.45) is 5.10 Å². The molecule has 1 amide bonds. The van der Waals surface area contributed by atoms with E-state index < -0.39 is 5.91 Å². The molecule has 20 heavy (non-hydrogen) atoms. The summed E-state index contributed by atoms with van der Waals surface area (Å²) in [7, 11) is 0. The van der Waals surface area contributed by atoms with Gasteiger partial charge in [-0.05, 0) is 30.7 Å². The van der Waals surface area contributed by atoms with E-state index in [1.807, 2.05) is 6.92 Å². The largest absolute Gasteiger partial charge is 0.459 e. The third kappa shape index (κ3) is 3.40. The van der Waals surface area contributed by atoms with Gasteiger partial charge in [-0.3, -0.25) is 4.79 Å². The molecule has 0 aliphatic carbocycles. The maximum Gasteiger partial charge on any atom is 0.307 e. The highest BCUT2D eigenvalue weighted by Gasteiger charge is 2.10. The minimum absolute atomic E-state index is 0.200. The van der Waals surface area contributed by atoms with Crippen LogP contribution in [-0.2, 0) is 0 Å². The maximum absolute atomic E-state index is 11.7. The van der Waals surface area contributed by atoms with E-state index in [0.717, 1.165) is 5.56 Å². The van der Waals surface area contributed by atoms with Gasteiger partial charge in [0.1, 0.15) is 0 Å². The third-order valence-electron chi connectivity index (χ3n) is 2.61. The van der Waals surface area contributed by atoms with Crippen LogP contribution in [0.5, 0.6) is 0 Å². The lowest BCUT2D eigenvalue weighted by Gasteiger charge is -2.07. The minimum Gasteiger partial charge on any atom is -0.459 e. The highest BCUT2D eigenvalue weighted by molar-refractivity contribution is 6.37. The first-order valence-corrected chi connectivity index (χ1v) is 6.73. The molecule has 0 aliphatic rings. The molecule has 0 saturated heterocycles.